The van der Waals surface area contributed by atoms with E-state index in [1.54, 1.807) is 25.1 Å². The second-order valence-electron chi connectivity index (χ2n) is 7.55. The number of nitrogens with one attached hydrogen (secondary N) is 1. The average Bonchev–Trinajstić information content (AvgIpc) is 3.25. The fourth-order valence-corrected chi connectivity index (χ4v) is 4.04. The van der Waals surface area contributed by atoms with Gasteiger partial charge >= 0.3 is 5.97 Å². The van der Waals surface area contributed by atoms with Crippen LogP contribution in [0.5, 0.6) is 11.5 Å². The standard InChI is InChI=1S/C23H25NO5/c1-16(21(25)24-18-9-10-19-20(15-18)28-14-13-27-19)29-22(26)23(11-5-6-12-23)17-7-3-2-4-8-17/h2-4,7-10,15-16H,5-6,11-14H2,1H3,(H,24,25)/t16-/m1/s1. The molecule has 1 aliphatic carbocycles. The highest BCUT2D eigenvalue weighted by molar-refractivity contribution is 5.96. The summed E-state index contributed by atoms with van der Waals surface area (Å²) in [5.41, 5.74) is 0.870. The van der Waals surface area contributed by atoms with Gasteiger partial charge in [0.15, 0.2) is 17.6 Å². The van der Waals surface area contributed by atoms with Crippen LogP contribution in [0.4, 0.5) is 5.69 Å². The van der Waals surface area contributed by atoms with Crippen molar-refractivity contribution in [3.8, 4) is 11.5 Å². The highest BCUT2D eigenvalue weighted by Crippen LogP contribution is 2.42. The fourth-order valence-electron chi connectivity index (χ4n) is 4.04. The van der Waals surface area contributed by atoms with Crippen molar-refractivity contribution in [1.29, 1.82) is 0 Å². The quantitative estimate of drug-likeness (QED) is 0.779. The summed E-state index contributed by atoms with van der Waals surface area (Å²) in [6, 6.07) is 14.9. The number of fused-ring (bicyclic) bond motifs is 1. The Morgan fingerprint density at radius 3 is 2.41 bits per heavy atom. The van der Waals surface area contributed by atoms with Crippen LogP contribution in [-0.2, 0) is 19.7 Å². The van der Waals surface area contributed by atoms with E-state index >= 15 is 0 Å². The number of rotatable bonds is 5. The molecule has 0 bridgehead atoms. The molecule has 152 valence electrons. The summed E-state index contributed by atoms with van der Waals surface area (Å²) in [7, 11) is 0. The topological polar surface area (TPSA) is 73.9 Å². The van der Waals surface area contributed by atoms with Crippen LogP contribution in [0, 0.1) is 0 Å². The fraction of sp³-hybridized carbons (Fsp3) is 0.391. The highest BCUT2D eigenvalue weighted by Gasteiger charge is 2.45. The number of carbonyl (C=O) groups excluding carboxylic acids is 2. The predicted molar refractivity (Wildman–Crippen MR) is 108 cm³/mol. The first-order valence-corrected chi connectivity index (χ1v) is 10.1. The Bertz CT molecular complexity index is 889. The number of hydrogen-bond acceptors (Lipinski definition) is 5. The van der Waals surface area contributed by atoms with Gasteiger partial charge in [-0.15, -0.1) is 0 Å². The van der Waals surface area contributed by atoms with Crippen molar-refractivity contribution in [2.24, 2.45) is 0 Å². The maximum absolute atomic E-state index is 13.1. The number of benzene rings is 2. The molecule has 0 radical (unpaired) electrons. The van der Waals surface area contributed by atoms with E-state index in [-0.39, 0.29) is 11.9 Å². The van der Waals surface area contributed by atoms with E-state index < -0.39 is 11.5 Å². The van der Waals surface area contributed by atoms with E-state index in [2.05, 4.69) is 5.32 Å². The average molecular weight is 395 g/mol. The third-order valence-corrected chi connectivity index (χ3v) is 5.64. The van der Waals surface area contributed by atoms with Gasteiger partial charge in [-0.2, -0.15) is 0 Å². The first-order chi connectivity index (χ1) is 14.1. The molecule has 0 unspecified atom stereocenters. The van der Waals surface area contributed by atoms with Crippen LogP contribution < -0.4 is 14.8 Å². The van der Waals surface area contributed by atoms with E-state index in [0.29, 0.717) is 30.4 Å². The Balaban J connectivity index is 1.43. The number of hydrogen-bond donors (Lipinski definition) is 1. The molecule has 6 heteroatoms. The maximum Gasteiger partial charge on any atom is 0.317 e. The van der Waals surface area contributed by atoms with Gasteiger partial charge in [0.05, 0.1) is 5.41 Å². The molecular formula is C23H25NO5. The van der Waals surface area contributed by atoms with Crippen LogP contribution in [0.3, 0.4) is 0 Å². The maximum atomic E-state index is 13.1. The van der Waals surface area contributed by atoms with E-state index in [1.807, 2.05) is 30.3 Å². The molecule has 4 rings (SSSR count). The lowest BCUT2D eigenvalue weighted by molar-refractivity contribution is -0.159. The van der Waals surface area contributed by atoms with Crippen molar-refractivity contribution in [3.05, 3.63) is 54.1 Å². The Morgan fingerprint density at radius 1 is 1.00 bits per heavy atom. The van der Waals surface area contributed by atoms with Crippen molar-refractivity contribution in [1.82, 2.24) is 0 Å². The van der Waals surface area contributed by atoms with Crippen molar-refractivity contribution >= 4 is 17.6 Å². The molecule has 2 aliphatic rings. The SMILES string of the molecule is C[C@@H](OC(=O)C1(c2ccccc2)CCCC1)C(=O)Nc1ccc2c(c1)OCCO2. The molecule has 1 amide bonds. The van der Waals surface area contributed by atoms with Gasteiger partial charge in [0.25, 0.3) is 5.91 Å². The number of anilines is 1. The molecule has 0 aromatic heterocycles. The molecule has 2 aromatic carbocycles. The molecule has 1 fully saturated rings. The number of amides is 1. The number of carbonyl (C=O) groups is 2. The minimum Gasteiger partial charge on any atom is -0.486 e. The summed E-state index contributed by atoms with van der Waals surface area (Å²) >= 11 is 0. The summed E-state index contributed by atoms with van der Waals surface area (Å²) in [5, 5.41) is 2.79. The molecular weight excluding hydrogens is 370 g/mol. The zero-order valence-corrected chi connectivity index (χ0v) is 16.5. The van der Waals surface area contributed by atoms with E-state index in [1.165, 1.54) is 0 Å². The Hall–Kier alpha value is -3.02. The molecule has 1 N–H and O–H groups in total. The highest BCUT2D eigenvalue weighted by atomic mass is 16.6. The van der Waals surface area contributed by atoms with E-state index in [4.69, 9.17) is 14.2 Å². The molecule has 1 heterocycles. The van der Waals surface area contributed by atoms with Gasteiger partial charge in [0.2, 0.25) is 0 Å². The van der Waals surface area contributed by atoms with E-state index in [0.717, 1.165) is 31.2 Å². The predicted octanol–water partition coefficient (Wildman–Crippen LogP) is 3.84. The third-order valence-electron chi connectivity index (χ3n) is 5.64. The molecule has 1 aliphatic heterocycles. The van der Waals surface area contributed by atoms with Crippen LogP contribution in [0.25, 0.3) is 0 Å². The van der Waals surface area contributed by atoms with Crippen molar-refractivity contribution in [2.75, 3.05) is 18.5 Å². The van der Waals surface area contributed by atoms with Gasteiger partial charge in [-0.3, -0.25) is 9.59 Å². The Labute approximate surface area is 170 Å². The van der Waals surface area contributed by atoms with Gasteiger partial charge < -0.3 is 19.5 Å². The first-order valence-electron chi connectivity index (χ1n) is 10.1. The first kappa shape index (κ1) is 19.3. The molecule has 0 saturated heterocycles. The van der Waals surface area contributed by atoms with Crippen LogP contribution in [0.1, 0.15) is 38.2 Å². The second-order valence-corrected chi connectivity index (χ2v) is 7.55. The summed E-state index contributed by atoms with van der Waals surface area (Å²) in [4.78, 5) is 25.7. The van der Waals surface area contributed by atoms with Crippen LogP contribution in [0.2, 0.25) is 0 Å². The largest absolute Gasteiger partial charge is 0.486 e. The smallest absolute Gasteiger partial charge is 0.317 e. The normalized spacial score (nSPS) is 18.0. The van der Waals surface area contributed by atoms with Crippen molar-refractivity contribution < 1.29 is 23.8 Å². The lowest BCUT2D eigenvalue weighted by atomic mass is 9.79. The number of esters is 1. The van der Waals surface area contributed by atoms with Crippen LogP contribution >= 0.6 is 0 Å². The second kappa shape index (κ2) is 8.15. The van der Waals surface area contributed by atoms with Crippen molar-refractivity contribution in [3.63, 3.8) is 0 Å². The monoisotopic (exact) mass is 395 g/mol. The molecule has 2 aromatic rings. The molecule has 1 saturated carbocycles. The molecule has 1 atom stereocenters. The summed E-state index contributed by atoms with van der Waals surface area (Å²) < 4.78 is 16.7. The van der Waals surface area contributed by atoms with Gasteiger partial charge in [-0.1, -0.05) is 43.2 Å². The zero-order valence-electron chi connectivity index (χ0n) is 16.5. The molecule has 6 nitrogen and oxygen atoms in total. The lowest BCUT2D eigenvalue weighted by Gasteiger charge is -2.28. The minimum atomic E-state index is -0.906. The minimum absolute atomic E-state index is 0.328. The summed E-state index contributed by atoms with van der Waals surface area (Å²) in [6.45, 7) is 2.58. The molecule has 0 spiro atoms. The van der Waals surface area contributed by atoms with Gasteiger partial charge in [0, 0.05) is 11.8 Å². The summed E-state index contributed by atoms with van der Waals surface area (Å²) in [5.74, 6) is 0.537. The molecule has 29 heavy (non-hydrogen) atoms. The van der Waals surface area contributed by atoms with Gasteiger partial charge in [0.1, 0.15) is 13.2 Å². The Kier molecular flexibility index (Phi) is 5.43. The van der Waals surface area contributed by atoms with Gasteiger partial charge in [-0.05, 0) is 37.5 Å². The van der Waals surface area contributed by atoms with Gasteiger partial charge in [-0.25, -0.2) is 0 Å². The lowest BCUT2D eigenvalue weighted by Crippen LogP contribution is -2.39. The summed E-state index contributed by atoms with van der Waals surface area (Å²) in [6.07, 6.45) is 2.53. The third kappa shape index (κ3) is 3.92. The van der Waals surface area contributed by atoms with Crippen LogP contribution in [-0.4, -0.2) is 31.2 Å². The number of ether oxygens (including phenoxy) is 3. The van der Waals surface area contributed by atoms with E-state index in [9.17, 15) is 9.59 Å². The van der Waals surface area contributed by atoms with Crippen LogP contribution in [0.15, 0.2) is 48.5 Å². The zero-order chi connectivity index (χ0) is 20.3. The van der Waals surface area contributed by atoms with Crippen molar-refractivity contribution in [2.45, 2.75) is 44.1 Å². The Morgan fingerprint density at radius 2 is 1.69 bits per heavy atom.